The zero-order chi connectivity index (χ0) is 16.2. The summed E-state index contributed by atoms with van der Waals surface area (Å²) in [6, 6.07) is 6.26. The van der Waals surface area contributed by atoms with Gasteiger partial charge in [0.15, 0.2) is 0 Å². The van der Waals surface area contributed by atoms with Gasteiger partial charge < -0.3 is 5.11 Å². The van der Waals surface area contributed by atoms with E-state index in [1.54, 1.807) is 0 Å². The zero-order valence-electron chi connectivity index (χ0n) is 14.3. The predicted molar refractivity (Wildman–Crippen MR) is 91.7 cm³/mol. The van der Waals surface area contributed by atoms with Crippen molar-refractivity contribution in [2.24, 2.45) is 5.92 Å². The Morgan fingerprint density at radius 1 is 1.17 bits per heavy atom. The number of aliphatic hydroxyl groups excluding tert-OH is 1. The lowest BCUT2D eigenvalue weighted by Crippen LogP contribution is -2.11. The number of aryl methyl sites for hydroxylation is 1. The van der Waals surface area contributed by atoms with Crippen molar-refractivity contribution in [3.8, 4) is 5.69 Å². The molecule has 1 aromatic carbocycles. The molecule has 0 amide bonds. The standard InChI is InChI=1S/C19H27N3O/c1-14-7-6-10-18(15(14)2)22-19(17(13-23)20-21-22)12-11-16-8-4-3-5-9-16/h6-7,10,16,23H,3-5,8-9,11-13H2,1-2H3. The molecule has 1 aromatic heterocycles. The second-order valence-corrected chi connectivity index (χ2v) is 6.81. The highest BCUT2D eigenvalue weighted by atomic mass is 16.3. The van der Waals surface area contributed by atoms with Gasteiger partial charge in [0, 0.05) is 0 Å². The molecular formula is C19H27N3O. The van der Waals surface area contributed by atoms with Gasteiger partial charge in [-0.1, -0.05) is 49.5 Å². The molecule has 1 fully saturated rings. The van der Waals surface area contributed by atoms with E-state index in [1.807, 2.05) is 4.68 Å². The minimum atomic E-state index is -0.0368. The van der Waals surface area contributed by atoms with E-state index < -0.39 is 0 Å². The molecule has 0 bridgehead atoms. The highest BCUT2D eigenvalue weighted by Gasteiger charge is 2.19. The molecule has 0 radical (unpaired) electrons. The van der Waals surface area contributed by atoms with Crippen LogP contribution in [0.1, 0.15) is 61.0 Å². The van der Waals surface area contributed by atoms with E-state index in [-0.39, 0.29) is 6.61 Å². The number of rotatable bonds is 5. The molecular weight excluding hydrogens is 286 g/mol. The smallest absolute Gasteiger partial charge is 0.112 e. The molecule has 124 valence electrons. The monoisotopic (exact) mass is 313 g/mol. The van der Waals surface area contributed by atoms with Crippen molar-refractivity contribution in [1.29, 1.82) is 0 Å². The Labute approximate surface area is 138 Å². The van der Waals surface area contributed by atoms with Crippen LogP contribution in [0.15, 0.2) is 18.2 Å². The van der Waals surface area contributed by atoms with E-state index in [4.69, 9.17) is 0 Å². The summed E-state index contributed by atoms with van der Waals surface area (Å²) in [4.78, 5) is 0. The molecule has 0 saturated heterocycles. The van der Waals surface area contributed by atoms with Gasteiger partial charge in [0.25, 0.3) is 0 Å². The molecule has 0 spiro atoms. The van der Waals surface area contributed by atoms with Crippen molar-refractivity contribution in [2.75, 3.05) is 0 Å². The number of aromatic nitrogens is 3. The minimum Gasteiger partial charge on any atom is -0.390 e. The molecule has 4 heteroatoms. The van der Waals surface area contributed by atoms with Crippen LogP contribution >= 0.6 is 0 Å². The lowest BCUT2D eigenvalue weighted by atomic mass is 9.85. The van der Waals surface area contributed by atoms with E-state index in [9.17, 15) is 5.11 Å². The molecule has 1 aliphatic rings. The van der Waals surface area contributed by atoms with Gasteiger partial charge in [0.05, 0.1) is 18.0 Å². The fourth-order valence-electron chi connectivity index (χ4n) is 3.68. The fraction of sp³-hybridized carbons (Fsp3) is 0.579. The number of nitrogens with zero attached hydrogens (tertiary/aromatic N) is 3. The summed E-state index contributed by atoms with van der Waals surface area (Å²) in [5, 5.41) is 18.2. The van der Waals surface area contributed by atoms with Gasteiger partial charge in [0.2, 0.25) is 0 Å². The Balaban J connectivity index is 1.86. The first-order valence-electron chi connectivity index (χ1n) is 8.81. The Morgan fingerprint density at radius 3 is 2.70 bits per heavy atom. The molecule has 1 aliphatic carbocycles. The lowest BCUT2D eigenvalue weighted by molar-refractivity contribution is 0.274. The topological polar surface area (TPSA) is 50.9 Å². The largest absolute Gasteiger partial charge is 0.390 e. The van der Waals surface area contributed by atoms with Gasteiger partial charge in [-0.15, -0.1) is 5.10 Å². The highest BCUT2D eigenvalue weighted by Crippen LogP contribution is 2.28. The first-order chi connectivity index (χ1) is 11.2. The van der Waals surface area contributed by atoms with Gasteiger partial charge in [-0.25, -0.2) is 4.68 Å². The van der Waals surface area contributed by atoms with Crippen molar-refractivity contribution in [3.63, 3.8) is 0 Å². The van der Waals surface area contributed by atoms with Crippen LogP contribution in [0.5, 0.6) is 0 Å². The Kier molecular flexibility index (Phi) is 5.11. The van der Waals surface area contributed by atoms with E-state index in [2.05, 4.69) is 42.4 Å². The number of hydrogen-bond acceptors (Lipinski definition) is 3. The molecule has 1 saturated carbocycles. The van der Waals surface area contributed by atoms with Gasteiger partial charge >= 0.3 is 0 Å². The third-order valence-corrected chi connectivity index (χ3v) is 5.31. The molecule has 3 rings (SSSR count). The van der Waals surface area contributed by atoms with Crippen LogP contribution in [-0.2, 0) is 13.0 Å². The second-order valence-electron chi connectivity index (χ2n) is 6.81. The zero-order valence-corrected chi connectivity index (χ0v) is 14.3. The number of aliphatic hydroxyl groups is 1. The maximum Gasteiger partial charge on any atom is 0.112 e. The maximum absolute atomic E-state index is 9.62. The molecule has 1 heterocycles. The molecule has 1 N–H and O–H groups in total. The Morgan fingerprint density at radius 2 is 1.96 bits per heavy atom. The Hall–Kier alpha value is -1.68. The average Bonchev–Trinajstić information content (AvgIpc) is 2.99. The summed E-state index contributed by atoms with van der Waals surface area (Å²) >= 11 is 0. The summed E-state index contributed by atoms with van der Waals surface area (Å²) < 4.78 is 1.94. The fourth-order valence-corrected chi connectivity index (χ4v) is 3.68. The van der Waals surface area contributed by atoms with Crippen molar-refractivity contribution >= 4 is 0 Å². The average molecular weight is 313 g/mol. The SMILES string of the molecule is Cc1cccc(-n2nnc(CO)c2CCC2CCCCC2)c1C. The van der Waals surface area contributed by atoms with Gasteiger partial charge in [-0.3, -0.25) is 0 Å². The van der Waals surface area contributed by atoms with Crippen LogP contribution in [0, 0.1) is 19.8 Å². The third-order valence-electron chi connectivity index (χ3n) is 5.31. The van der Waals surface area contributed by atoms with Gasteiger partial charge in [-0.2, -0.15) is 0 Å². The molecule has 4 nitrogen and oxygen atoms in total. The molecule has 0 aliphatic heterocycles. The quantitative estimate of drug-likeness (QED) is 0.911. The molecule has 0 atom stereocenters. The Bertz CT molecular complexity index is 657. The van der Waals surface area contributed by atoms with Crippen molar-refractivity contribution < 1.29 is 5.11 Å². The molecule has 23 heavy (non-hydrogen) atoms. The summed E-state index contributed by atoms with van der Waals surface area (Å²) in [6.45, 7) is 4.20. The summed E-state index contributed by atoms with van der Waals surface area (Å²) in [6.07, 6.45) is 8.93. The van der Waals surface area contributed by atoms with Crippen LogP contribution in [0.4, 0.5) is 0 Å². The van der Waals surface area contributed by atoms with Crippen molar-refractivity contribution in [2.45, 2.75) is 65.4 Å². The maximum atomic E-state index is 9.62. The first kappa shape index (κ1) is 16.2. The van der Waals surface area contributed by atoms with Crippen LogP contribution in [0.2, 0.25) is 0 Å². The summed E-state index contributed by atoms with van der Waals surface area (Å²) in [5.41, 5.74) is 5.35. The predicted octanol–water partition coefficient (Wildman–Crippen LogP) is 3.89. The van der Waals surface area contributed by atoms with Gasteiger partial charge in [-0.05, 0) is 49.8 Å². The van der Waals surface area contributed by atoms with Crippen LogP contribution in [-0.4, -0.2) is 20.1 Å². The van der Waals surface area contributed by atoms with E-state index in [0.717, 1.165) is 29.4 Å². The normalized spacial score (nSPS) is 16.0. The number of benzene rings is 1. The minimum absolute atomic E-state index is 0.0368. The van der Waals surface area contributed by atoms with Crippen LogP contribution < -0.4 is 0 Å². The highest BCUT2D eigenvalue weighted by molar-refractivity contribution is 5.45. The third kappa shape index (κ3) is 3.47. The van der Waals surface area contributed by atoms with Crippen LogP contribution in [0.25, 0.3) is 5.69 Å². The van der Waals surface area contributed by atoms with Gasteiger partial charge in [0.1, 0.15) is 5.69 Å². The summed E-state index contributed by atoms with van der Waals surface area (Å²) in [5.74, 6) is 0.817. The van der Waals surface area contributed by atoms with Crippen molar-refractivity contribution in [3.05, 3.63) is 40.7 Å². The molecule has 0 unspecified atom stereocenters. The first-order valence-corrected chi connectivity index (χ1v) is 8.81. The van der Waals surface area contributed by atoms with E-state index >= 15 is 0 Å². The van der Waals surface area contributed by atoms with E-state index in [0.29, 0.717) is 0 Å². The van der Waals surface area contributed by atoms with Crippen LogP contribution in [0.3, 0.4) is 0 Å². The van der Waals surface area contributed by atoms with E-state index in [1.165, 1.54) is 49.7 Å². The van der Waals surface area contributed by atoms with Crippen molar-refractivity contribution in [1.82, 2.24) is 15.0 Å². The number of hydrogen-bond donors (Lipinski definition) is 1. The lowest BCUT2D eigenvalue weighted by Gasteiger charge is -2.21. The molecule has 2 aromatic rings. The summed E-state index contributed by atoms with van der Waals surface area (Å²) in [7, 11) is 0. The second kappa shape index (κ2) is 7.26.